The lowest BCUT2D eigenvalue weighted by Crippen LogP contribution is -2.46. The van der Waals surface area contributed by atoms with Crippen molar-refractivity contribution in [2.24, 2.45) is 5.41 Å². The Bertz CT molecular complexity index is 553. The predicted octanol–water partition coefficient (Wildman–Crippen LogP) is 2.68. The van der Waals surface area contributed by atoms with Crippen molar-refractivity contribution in [3.05, 3.63) is 28.2 Å². The fourth-order valence-electron chi connectivity index (χ4n) is 1.39. The Labute approximate surface area is 123 Å². The first-order valence-electron chi connectivity index (χ1n) is 5.66. The van der Waals surface area contributed by atoms with E-state index in [1.54, 1.807) is 0 Å². The van der Waals surface area contributed by atoms with Crippen molar-refractivity contribution in [2.75, 3.05) is 6.61 Å². The van der Waals surface area contributed by atoms with Gasteiger partial charge < -0.3 is 5.11 Å². The fourth-order valence-corrected chi connectivity index (χ4v) is 3.21. The molecular formula is C12H17Cl2NO3S. The lowest BCUT2D eigenvalue weighted by atomic mass is 9.88. The molecule has 0 heterocycles. The average molecular weight is 326 g/mol. The molecule has 0 saturated carbocycles. The molecule has 1 aromatic carbocycles. The van der Waals surface area contributed by atoms with Crippen LogP contribution in [-0.2, 0) is 10.0 Å². The molecule has 1 aromatic rings. The van der Waals surface area contributed by atoms with E-state index < -0.39 is 21.5 Å². The summed E-state index contributed by atoms with van der Waals surface area (Å²) >= 11 is 11.6. The van der Waals surface area contributed by atoms with Crippen LogP contribution in [0.5, 0.6) is 0 Å². The predicted molar refractivity (Wildman–Crippen MR) is 77.1 cm³/mol. The van der Waals surface area contributed by atoms with Gasteiger partial charge in [-0.15, -0.1) is 0 Å². The maximum absolute atomic E-state index is 12.2. The maximum atomic E-state index is 12.2. The third-order valence-electron chi connectivity index (χ3n) is 2.73. The number of aliphatic hydroxyl groups is 1. The molecule has 0 radical (unpaired) electrons. The van der Waals surface area contributed by atoms with Gasteiger partial charge in [0.15, 0.2) is 0 Å². The molecule has 19 heavy (non-hydrogen) atoms. The molecular weight excluding hydrogens is 309 g/mol. The van der Waals surface area contributed by atoms with Crippen molar-refractivity contribution in [3.63, 3.8) is 0 Å². The molecule has 108 valence electrons. The molecule has 0 bridgehead atoms. The molecule has 1 atom stereocenters. The summed E-state index contributed by atoms with van der Waals surface area (Å²) in [6, 6.07) is 3.48. The molecule has 0 aliphatic heterocycles. The van der Waals surface area contributed by atoms with Crippen LogP contribution in [0.4, 0.5) is 0 Å². The Morgan fingerprint density at radius 2 is 1.84 bits per heavy atom. The Morgan fingerprint density at radius 1 is 1.26 bits per heavy atom. The highest BCUT2D eigenvalue weighted by Gasteiger charge is 2.29. The van der Waals surface area contributed by atoms with Gasteiger partial charge in [0.25, 0.3) is 0 Å². The van der Waals surface area contributed by atoms with E-state index in [0.717, 1.165) is 0 Å². The third kappa shape index (κ3) is 4.33. The SMILES string of the molecule is CC(C)(C)[C@@H](CO)NS(=O)(=O)c1ccc(Cl)c(Cl)c1. The van der Waals surface area contributed by atoms with E-state index in [0.29, 0.717) is 0 Å². The molecule has 0 fully saturated rings. The van der Waals surface area contributed by atoms with Gasteiger partial charge in [-0.2, -0.15) is 0 Å². The molecule has 0 aliphatic carbocycles. The standard InChI is InChI=1S/C12H17Cl2NO3S/c1-12(2,3)11(7-16)15-19(17,18)8-4-5-9(13)10(14)6-8/h4-6,11,15-16H,7H2,1-3H3/t11-/m1/s1. The minimum atomic E-state index is -3.75. The van der Waals surface area contributed by atoms with Crippen LogP contribution in [0.3, 0.4) is 0 Å². The molecule has 0 amide bonds. The highest BCUT2D eigenvalue weighted by atomic mass is 35.5. The second kappa shape index (κ2) is 5.97. The average Bonchev–Trinajstić information content (AvgIpc) is 2.28. The molecule has 0 unspecified atom stereocenters. The second-order valence-corrected chi connectivity index (χ2v) is 7.83. The van der Waals surface area contributed by atoms with E-state index in [-0.39, 0.29) is 21.5 Å². The third-order valence-corrected chi connectivity index (χ3v) is 4.94. The summed E-state index contributed by atoms with van der Waals surface area (Å²) in [4.78, 5) is 0.0181. The molecule has 0 saturated heterocycles. The van der Waals surface area contributed by atoms with Crippen molar-refractivity contribution in [3.8, 4) is 0 Å². The monoisotopic (exact) mass is 325 g/mol. The number of hydrogen-bond acceptors (Lipinski definition) is 3. The van der Waals surface area contributed by atoms with Crippen molar-refractivity contribution in [1.82, 2.24) is 4.72 Å². The number of rotatable bonds is 4. The number of hydrogen-bond donors (Lipinski definition) is 2. The van der Waals surface area contributed by atoms with E-state index >= 15 is 0 Å². The van der Waals surface area contributed by atoms with Crippen LogP contribution in [0.15, 0.2) is 23.1 Å². The zero-order valence-corrected chi connectivity index (χ0v) is 13.3. The minimum absolute atomic E-state index is 0.0181. The second-order valence-electron chi connectivity index (χ2n) is 5.30. The summed E-state index contributed by atoms with van der Waals surface area (Å²) in [5.74, 6) is 0. The van der Waals surface area contributed by atoms with E-state index in [2.05, 4.69) is 4.72 Å². The largest absolute Gasteiger partial charge is 0.395 e. The highest BCUT2D eigenvalue weighted by molar-refractivity contribution is 7.89. The molecule has 0 aromatic heterocycles. The Morgan fingerprint density at radius 3 is 2.26 bits per heavy atom. The highest BCUT2D eigenvalue weighted by Crippen LogP contribution is 2.26. The number of benzene rings is 1. The summed E-state index contributed by atoms with van der Waals surface area (Å²) in [7, 11) is -3.75. The van der Waals surface area contributed by atoms with Gasteiger partial charge >= 0.3 is 0 Å². The molecule has 7 heteroatoms. The van der Waals surface area contributed by atoms with Crippen LogP contribution in [0, 0.1) is 5.41 Å². The Hall–Kier alpha value is -0.330. The van der Waals surface area contributed by atoms with E-state index in [4.69, 9.17) is 23.2 Å². The molecule has 1 rings (SSSR count). The van der Waals surface area contributed by atoms with Crippen LogP contribution < -0.4 is 4.72 Å². The van der Waals surface area contributed by atoms with Crippen LogP contribution >= 0.6 is 23.2 Å². The van der Waals surface area contributed by atoms with E-state index in [1.807, 2.05) is 20.8 Å². The van der Waals surface area contributed by atoms with Crippen molar-refractivity contribution >= 4 is 33.2 Å². The maximum Gasteiger partial charge on any atom is 0.240 e. The normalized spacial score (nSPS) is 14.4. The number of sulfonamides is 1. The number of halogens is 2. The van der Waals surface area contributed by atoms with Gasteiger partial charge in [0.2, 0.25) is 10.0 Å². The van der Waals surface area contributed by atoms with Gasteiger partial charge in [-0.25, -0.2) is 13.1 Å². The number of nitrogens with one attached hydrogen (secondary N) is 1. The van der Waals surface area contributed by atoms with E-state index in [9.17, 15) is 13.5 Å². The lowest BCUT2D eigenvalue weighted by Gasteiger charge is -2.29. The minimum Gasteiger partial charge on any atom is -0.395 e. The van der Waals surface area contributed by atoms with Crippen molar-refractivity contribution in [1.29, 1.82) is 0 Å². The zero-order chi connectivity index (χ0) is 14.8. The smallest absolute Gasteiger partial charge is 0.240 e. The molecule has 0 spiro atoms. The summed E-state index contributed by atoms with van der Waals surface area (Å²) in [6.07, 6.45) is 0. The Balaban J connectivity index is 3.07. The van der Waals surface area contributed by atoms with Crippen LogP contribution in [-0.4, -0.2) is 26.2 Å². The van der Waals surface area contributed by atoms with Crippen molar-refractivity contribution < 1.29 is 13.5 Å². The van der Waals surface area contributed by atoms with Gasteiger partial charge in [-0.05, 0) is 23.6 Å². The van der Waals surface area contributed by atoms with Crippen molar-refractivity contribution in [2.45, 2.75) is 31.7 Å². The van der Waals surface area contributed by atoms with Crippen LogP contribution in [0.1, 0.15) is 20.8 Å². The quantitative estimate of drug-likeness (QED) is 0.894. The fraction of sp³-hybridized carbons (Fsp3) is 0.500. The first kappa shape index (κ1) is 16.7. The zero-order valence-electron chi connectivity index (χ0n) is 10.9. The summed E-state index contributed by atoms with van der Waals surface area (Å²) in [5, 5.41) is 9.75. The first-order chi connectivity index (χ1) is 8.58. The topological polar surface area (TPSA) is 66.4 Å². The van der Waals surface area contributed by atoms with Crippen LogP contribution in [0.25, 0.3) is 0 Å². The van der Waals surface area contributed by atoms with Gasteiger partial charge in [0.1, 0.15) is 0 Å². The molecule has 2 N–H and O–H groups in total. The van der Waals surface area contributed by atoms with Gasteiger partial charge in [-0.1, -0.05) is 44.0 Å². The van der Waals surface area contributed by atoms with Gasteiger partial charge in [0.05, 0.1) is 21.5 Å². The number of aliphatic hydroxyl groups excluding tert-OH is 1. The van der Waals surface area contributed by atoms with Gasteiger partial charge in [0, 0.05) is 6.04 Å². The summed E-state index contributed by atoms with van der Waals surface area (Å²) < 4.78 is 26.8. The van der Waals surface area contributed by atoms with Gasteiger partial charge in [-0.3, -0.25) is 0 Å². The Kier molecular flexibility index (Phi) is 5.26. The van der Waals surface area contributed by atoms with Crippen LogP contribution in [0.2, 0.25) is 10.0 Å². The van der Waals surface area contributed by atoms with E-state index in [1.165, 1.54) is 18.2 Å². The summed E-state index contributed by atoms with van der Waals surface area (Å²) in [5.41, 5.74) is -0.405. The molecule has 0 aliphatic rings. The first-order valence-corrected chi connectivity index (χ1v) is 7.90. The molecule has 4 nitrogen and oxygen atoms in total. The summed E-state index contributed by atoms with van der Waals surface area (Å²) in [6.45, 7) is 5.23. The lowest BCUT2D eigenvalue weighted by molar-refractivity contribution is 0.177.